The minimum absolute atomic E-state index is 0.0186. The molecule has 3 aromatic rings. The number of sulfonamides is 1. The largest absolute Gasteiger partial charge is 0.494 e. The highest BCUT2D eigenvalue weighted by Crippen LogP contribution is 2.39. The third kappa shape index (κ3) is 6.15. The summed E-state index contributed by atoms with van der Waals surface area (Å²) in [7, 11) is 3.55. The number of rotatable bonds is 10. The van der Waals surface area contributed by atoms with Gasteiger partial charge in [-0.3, -0.25) is 9.69 Å². The van der Waals surface area contributed by atoms with Crippen LogP contribution in [0.25, 0.3) is 10.2 Å². The lowest BCUT2D eigenvalue weighted by molar-refractivity contribution is 0.0986. The van der Waals surface area contributed by atoms with E-state index in [1.54, 1.807) is 43.3 Å². The van der Waals surface area contributed by atoms with E-state index in [0.29, 0.717) is 33.5 Å². The van der Waals surface area contributed by atoms with E-state index >= 15 is 0 Å². The molecule has 1 heterocycles. The average Bonchev–Trinajstić information content (AvgIpc) is 3.37. The Labute approximate surface area is 234 Å². The number of methoxy groups -OCH3 is 1. The first kappa shape index (κ1) is 28.8. The number of thiazole rings is 1. The molecule has 1 amide bonds. The molecule has 38 heavy (non-hydrogen) atoms. The van der Waals surface area contributed by atoms with E-state index in [4.69, 9.17) is 21.3 Å². The van der Waals surface area contributed by atoms with Gasteiger partial charge in [0.25, 0.3) is 5.91 Å². The third-order valence-electron chi connectivity index (χ3n) is 7.00. The van der Waals surface area contributed by atoms with Crippen molar-refractivity contribution in [2.45, 2.75) is 49.5 Å². The Morgan fingerprint density at radius 3 is 2.37 bits per heavy atom. The second-order valence-corrected chi connectivity index (χ2v) is 13.3. The molecule has 1 fully saturated rings. The van der Waals surface area contributed by atoms with E-state index < -0.39 is 10.0 Å². The van der Waals surface area contributed by atoms with Gasteiger partial charge in [-0.05, 0) is 76.3 Å². The molecule has 1 aromatic heterocycles. The second kappa shape index (κ2) is 12.3. The molecule has 0 aliphatic heterocycles. The Hall–Kier alpha value is -2.24. The van der Waals surface area contributed by atoms with Crippen molar-refractivity contribution in [1.29, 1.82) is 0 Å². The van der Waals surface area contributed by atoms with Gasteiger partial charge in [-0.1, -0.05) is 42.2 Å². The first-order valence-corrected chi connectivity index (χ1v) is 15.4. The molecular formula is C27H35ClN4O4S2. The summed E-state index contributed by atoms with van der Waals surface area (Å²) >= 11 is 7.77. The molecule has 206 valence electrons. The molecule has 1 saturated carbocycles. The maximum atomic E-state index is 13.7. The third-order valence-corrected chi connectivity index (χ3v) is 10.5. The number of carbonyl (C=O) groups is 1. The predicted molar refractivity (Wildman–Crippen MR) is 154 cm³/mol. The smallest absolute Gasteiger partial charge is 0.260 e. The molecule has 0 saturated heterocycles. The van der Waals surface area contributed by atoms with Crippen molar-refractivity contribution in [2.75, 3.05) is 46.2 Å². The molecular weight excluding hydrogens is 544 g/mol. The number of aromatic nitrogens is 1. The van der Waals surface area contributed by atoms with Crippen LogP contribution in [0.2, 0.25) is 5.02 Å². The fraction of sp³-hybridized carbons (Fsp3) is 0.481. The highest BCUT2D eigenvalue weighted by molar-refractivity contribution is 7.89. The topological polar surface area (TPSA) is 83.0 Å². The number of halogens is 1. The van der Waals surface area contributed by atoms with E-state index in [9.17, 15) is 13.2 Å². The SMILES string of the molecule is COc1ccc(Cl)c2sc(N(CCCN(C)C)C(=O)c3ccc(S(=O)(=O)N(C)C4CCCCC4)cc3)nc12. The monoisotopic (exact) mass is 578 g/mol. The lowest BCUT2D eigenvalue weighted by atomic mass is 9.96. The van der Waals surface area contributed by atoms with Crippen LogP contribution in [0.4, 0.5) is 5.13 Å². The Bertz CT molecular complexity index is 1370. The van der Waals surface area contributed by atoms with E-state index in [2.05, 4.69) is 4.90 Å². The van der Waals surface area contributed by atoms with Crippen LogP contribution in [-0.4, -0.2) is 75.9 Å². The fourth-order valence-corrected chi connectivity index (χ4v) is 7.48. The van der Waals surface area contributed by atoms with Gasteiger partial charge in [0, 0.05) is 25.2 Å². The van der Waals surface area contributed by atoms with Crippen molar-refractivity contribution in [1.82, 2.24) is 14.2 Å². The summed E-state index contributed by atoms with van der Waals surface area (Å²) in [6.07, 6.45) is 5.74. The van der Waals surface area contributed by atoms with Crippen molar-refractivity contribution in [3.05, 3.63) is 47.0 Å². The minimum atomic E-state index is -3.64. The number of fused-ring (bicyclic) bond motifs is 1. The maximum absolute atomic E-state index is 13.7. The Kier molecular flexibility index (Phi) is 9.31. The fourth-order valence-electron chi connectivity index (χ4n) is 4.78. The number of amides is 1. The van der Waals surface area contributed by atoms with Crippen LogP contribution >= 0.6 is 22.9 Å². The number of carbonyl (C=O) groups excluding carboxylic acids is 1. The number of anilines is 1. The van der Waals surface area contributed by atoms with Crippen LogP contribution in [0.5, 0.6) is 5.75 Å². The van der Waals surface area contributed by atoms with Crippen molar-refractivity contribution < 1.29 is 17.9 Å². The van der Waals surface area contributed by atoms with Crippen LogP contribution in [0.3, 0.4) is 0 Å². The van der Waals surface area contributed by atoms with Crippen molar-refractivity contribution in [2.24, 2.45) is 0 Å². The zero-order valence-electron chi connectivity index (χ0n) is 22.3. The number of hydrogen-bond acceptors (Lipinski definition) is 7. The lowest BCUT2D eigenvalue weighted by Gasteiger charge is -2.30. The van der Waals surface area contributed by atoms with Gasteiger partial charge in [-0.25, -0.2) is 13.4 Å². The molecule has 1 aliphatic rings. The molecule has 8 nitrogen and oxygen atoms in total. The standard InChI is InChI=1S/C27H35ClN4O4S2/c1-30(2)17-8-18-32(27-29-24-23(36-4)16-15-22(28)25(24)37-27)26(33)19-11-13-21(14-12-19)38(34,35)31(3)20-9-6-5-7-10-20/h11-16,20H,5-10,17-18H2,1-4H3. The Morgan fingerprint density at radius 1 is 1.05 bits per heavy atom. The zero-order valence-corrected chi connectivity index (χ0v) is 24.7. The minimum Gasteiger partial charge on any atom is -0.494 e. The van der Waals surface area contributed by atoms with Crippen LogP contribution < -0.4 is 9.64 Å². The molecule has 0 N–H and O–H groups in total. The highest BCUT2D eigenvalue weighted by Gasteiger charge is 2.30. The quantitative estimate of drug-likeness (QED) is 0.315. The summed E-state index contributed by atoms with van der Waals surface area (Å²) in [4.78, 5) is 22.3. The van der Waals surface area contributed by atoms with Crippen LogP contribution in [0.1, 0.15) is 48.9 Å². The summed E-state index contributed by atoms with van der Waals surface area (Å²) in [5.41, 5.74) is 1.00. The number of nitrogens with zero attached hydrogens (tertiary/aromatic N) is 4. The van der Waals surface area contributed by atoms with Gasteiger partial charge in [-0.2, -0.15) is 4.31 Å². The molecule has 0 radical (unpaired) electrons. The molecule has 0 atom stereocenters. The Balaban J connectivity index is 1.62. The second-order valence-electron chi connectivity index (χ2n) is 9.87. The van der Waals surface area contributed by atoms with Crippen molar-refractivity contribution in [3.8, 4) is 5.75 Å². The molecule has 0 unspecified atom stereocenters. The average molecular weight is 579 g/mol. The molecule has 4 rings (SSSR count). The van der Waals surface area contributed by atoms with Gasteiger partial charge >= 0.3 is 0 Å². The molecule has 1 aliphatic carbocycles. The summed E-state index contributed by atoms with van der Waals surface area (Å²) < 4.78 is 34.2. The van der Waals surface area contributed by atoms with E-state index in [1.165, 1.54) is 27.8 Å². The molecule has 0 spiro atoms. The molecule has 0 bridgehead atoms. The Morgan fingerprint density at radius 2 is 1.74 bits per heavy atom. The van der Waals surface area contributed by atoms with Crippen LogP contribution in [0.15, 0.2) is 41.3 Å². The summed E-state index contributed by atoms with van der Waals surface area (Å²) in [5, 5.41) is 1.06. The van der Waals surface area contributed by atoms with E-state index in [1.807, 2.05) is 14.1 Å². The maximum Gasteiger partial charge on any atom is 0.260 e. The molecule has 11 heteroatoms. The van der Waals surface area contributed by atoms with Crippen molar-refractivity contribution in [3.63, 3.8) is 0 Å². The van der Waals surface area contributed by atoms with E-state index in [0.717, 1.165) is 49.8 Å². The number of hydrogen-bond donors (Lipinski definition) is 0. The summed E-state index contributed by atoms with van der Waals surface area (Å²) in [5.74, 6) is 0.340. The summed E-state index contributed by atoms with van der Waals surface area (Å²) in [6, 6.07) is 9.76. The normalized spacial score (nSPS) is 14.9. The van der Waals surface area contributed by atoms with Gasteiger partial charge in [-0.15, -0.1) is 0 Å². The first-order valence-electron chi connectivity index (χ1n) is 12.8. The summed E-state index contributed by atoms with van der Waals surface area (Å²) in [6.45, 7) is 1.24. The van der Waals surface area contributed by atoms with Gasteiger partial charge in [0.1, 0.15) is 11.3 Å². The highest BCUT2D eigenvalue weighted by atomic mass is 35.5. The van der Waals surface area contributed by atoms with Crippen LogP contribution in [-0.2, 0) is 10.0 Å². The van der Waals surface area contributed by atoms with Gasteiger partial charge in [0.15, 0.2) is 5.13 Å². The van der Waals surface area contributed by atoms with E-state index in [-0.39, 0.29) is 16.8 Å². The number of benzene rings is 2. The number of ether oxygens (including phenoxy) is 1. The first-order chi connectivity index (χ1) is 18.1. The van der Waals surface area contributed by atoms with Gasteiger partial charge in [0.2, 0.25) is 10.0 Å². The van der Waals surface area contributed by atoms with Crippen LogP contribution in [0, 0.1) is 0 Å². The van der Waals surface area contributed by atoms with Gasteiger partial charge in [0.05, 0.1) is 21.7 Å². The molecule has 2 aromatic carbocycles. The zero-order chi connectivity index (χ0) is 27.4. The van der Waals surface area contributed by atoms with Gasteiger partial charge < -0.3 is 9.64 Å². The van der Waals surface area contributed by atoms with Crippen molar-refractivity contribution >= 4 is 54.2 Å². The lowest BCUT2D eigenvalue weighted by Crippen LogP contribution is -2.38. The predicted octanol–water partition coefficient (Wildman–Crippen LogP) is 5.51.